The van der Waals surface area contributed by atoms with Gasteiger partial charge in [-0.2, -0.15) is 5.10 Å². The van der Waals surface area contributed by atoms with Gasteiger partial charge in [-0.05, 0) is 43.2 Å². The number of hydrogen-bond donors (Lipinski definition) is 1. The van der Waals surface area contributed by atoms with Crippen molar-refractivity contribution in [2.45, 2.75) is 12.8 Å². The van der Waals surface area contributed by atoms with Crippen molar-refractivity contribution < 1.29 is 0 Å². The highest BCUT2D eigenvalue weighted by atomic mass is 35.5. The molecule has 21 heavy (non-hydrogen) atoms. The minimum absolute atomic E-state index is 0.734. The van der Waals surface area contributed by atoms with Crippen LogP contribution in [0.5, 0.6) is 0 Å². The van der Waals surface area contributed by atoms with Gasteiger partial charge in [0.25, 0.3) is 0 Å². The highest BCUT2D eigenvalue weighted by Crippen LogP contribution is 2.25. The molecule has 0 saturated carbocycles. The SMILES string of the molecule is Clc1cc(N2CCCC2)ccc1C=NNc1ccccc1. The van der Waals surface area contributed by atoms with Gasteiger partial charge in [-0.25, -0.2) is 0 Å². The first-order chi connectivity index (χ1) is 10.3. The molecule has 0 spiro atoms. The Balaban J connectivity index is 1.68. The minimum Gasteiger partial charge on any atom is -0.371 e. The Bertz CT molecular complexity index is 619. The predicted octanol–water partition coefficient (Wildman–Crippen LogP) is 4.39. The van der Waals surface area contributed by atoms with Crippen LogP contribution in [0.2, 0.25) is 5.02 Å². The van der Waals surface area contributed by atoms with Gasteiger partial charge in [-0.1, -0.05) is 29.8 Å². The zero-order valence-corrected chi connectivity index (χ0v) is 12.6. The lowest BCUT2D eigenvalue weighted by molar-refractivity contribution is 0.949. The summed E-state index contributed by atoms with van der Waals surface area (Å²) in [4.78, 5) is 2.37. The second-order valence-corrected chi connectivity index (χ2v) is 5.54. The molecule has 0 aliphatic carbocycles. The van der Waals surface area contributed by atoms with Gasteiger partial charge in [-0.15, -0.1) is 0 Å². The van der Waals surface area contributed by atoms with Crippen LogP contribution in [0, 0.1) is 0 Å². The third-order valence-corrected chi connectivity index (χ3v) is 3.95. The van der Waals surface area contributed by atoms with Crippen LogP contribution < -0.4 is 10.3 Å². The largest absolute Gasteiger partial charge is 0.371 e. The van der Waals surface area contributed by atoms with Crippen molar-refractivity contribution in [2.24, 2.45) is 5.10 Å². The third kappa shape index (κ3) is 3.56. The van der Waals surface area contributed by atoms with Gasteiger partial charge in [0.1, 0.15) is 0 Å². The van der Waals surface area contributed by atoms with Crippen LogP contribution >= 0.6 is 11.6 Å². The first-order valence-electron chi connectivity index (χ1n) is 7.21. The quantitative estimate of drug-likeness (QED) is 0.670. The zero-order valence-electron chi connectivity index (χ0n) is 11.8. The molecule has 0 bridgehead atoms. The number of rotatable bonds is 4. The van der Waals surface area contributed by atoms with Gasteiger partial charge < -0.3 is 4.90 Å². The highest BCUT2D eigenvalue weighted by molar-refractivity contribution is 6.33. The molecule has 0 amide bonds. The van der Waals surface area contributed by atoms with E-state index in [0.29, 0.717) is 0 Å². The first-order valence-corrected chi connectivity index (χ1v) is 7.59. The van der Waals surface area contributed by atoms with E-state index in [4.69, 9.17) is 11.6 Å². The fraction of sp³-hybridized carbons (Fsp3) is 0.235. The van der Waals surface area contributed by atoms with E-state index in [1.807, 2.05) is 42.5 Å². The molecule has 1 heterocycles. The number of nitrogens with one attached hydrogen (secondary N) is 1. The maximum absolute atomic E-state index is 6.34. The number of anilines is 2. The number of para-hydroxylation sites is 1. The van der Waals surface area contributed by atoms with Crippen molar-refractivity contribution in [3.63, 3.8) is 0 Å². The smallest absolute Gasteiger partial charge is 0.0561 e. The molecule has 0 aromatic heterocycles. The van der Waals surface area contributed by atoms with Crippen molar-refractivity contribution in [1.82, 2.24) is 0 Å². The minimum atomic E-state index is 0.734. The molecule has 108 valence electrons. The molecule has 1 aliphatic heterocycles. The van der Waals surface area contributed by atoms with E-state index >= 15 is 0 Å². The molecule has 2 aromatic rings. The number of hydrazone groups is 1. The Morgan fingerprint density at radius 3 is 2.52 bits per heavy atom. The molecular weight excluding hydrogens is 282 g/mol. The number of benzene rings is 2. The molecule has 3 rings (SSSR count). The molecule has 1 saturated heterocycles. The summed E-state index contributed by atoms with van der Waals surface area (Å²) < 4.78 is 0. The Morgan fingerprint density at radius 1 is 1.05 bits per heavy atom. The van der Waals surface area contributed by atoms with Crippen molar-refractivity contribution in [2.75, 3.05) is 23.4 Å². The van der Waals surface area contributed by atoms with Gasteiger partial charge in [0.2, 0.25) is 0 Å². The average Bonchev–Trinajstić information content (AvgIpc) is 3.04. The Hall–Kier alpha value is -2.00. The van der Waals surface area contributed by atoms with Crippen molar-refractivity contribution in [1.29, 1.82) is 0 Å². The van der Waals surface area contributed by atoms with Crippen LogP contribution in [0.1, 0.15) is 18.4 Å². The van der Waals surface area contributed by atoms with Gasteiger partial charge >= 0.3 is 0 Å². The van der Waals surface area contributed by atoms with Crippen LogP contribution in [0.25, 0.3) is 0 Å². The summed E-state index contributed by atoms with van der Waals surface area (Å²) in [6, 6.07) is 16.0. The van der Waals surface area contributed by atoms with Crippen LogP contribution in [0.3, 0.4) is 0 Å². The van der Waals surface area contributed by atoms with Crippen molar-refractivity contribution in [3.05, 3.63) is 59.1 Å². The summed E-state index contributed by atoms with van der Waals surface area (Å²) in [5, 5.41) is 4.96. The number of halogens is 1. The van der Waals surface area contributed by atoms with Gasteiger partial charge in [0, 0.05) is 24.3 Å². The molecule has 1 aliphatic rings. The zero-order chi connectivity index (χ0) is 14.5. The van der Waals surface area contributed by atoms with E-state index in [-0.39, 0.29) is 0 Å². The molecular formula is C17H18ClN3. The molecule has 0 atom stereocenters. The second kappa shape index (κ2) is 6.64. The summed E-state index contributed by atoms with van der Waals surface area (Å²) in [5.41, 5.74) is 6.07. The van der Waals surface area contributed by atoms with Crippen LogP contribution in [0.4, 0.5) is 11.4 Å². The van der Waals surface area contributed by atoms with Gasteiger partial charge in [0.15, 0.2) is 0 Å². The van der Waals surface area contributed by atoms with E-state index in [2.05, 4.69) is 21.5 Å². The van der Waals surface area contributed by atoms with E-state index in [1.54, 1.807) is 6.21 Å². The lowest BCUT2D eigenvalue weighted by Gasteiger charge is -2.18. The van der Waals surface area contributed by atoms with Gasteiger partial charge in [0.05, 0.1) is 16.9 Å². The summed E-state index contributed by atoms with van der Waals surface area (Å²) >= 11 is 6.34. The lowest BCUT2D eigenvalue weighted by atomic mass is 10.2. The Kier molecular flexibility index (Phi) is 4.41. The van der Waals surface area contributed by atoms with Crippen LogP contribution in [0.15, 0.2) is 53.6 Å². The second-order valence-electron chi connectivity index (χ2n) is 5.14. The molecule has 1 N–H and O–H groups in total. The van der Waals surface area contributed by atoms with E-state index in [0.717, 1.165) is 29.4 Å². The first kappa shape index (κ1) is 14.0. The lowest BCUT2D eigenvalue weighted by Crippen LogP contribution is -2.17. The Labute approximate surface area is 130 Å². The molecule has 0 radical (unpaired) electrons. The van der Waals surface area contributed by atoms with Gasteiger partial charge in [-0.3, -0.25) is 5.43 Å². The van der Waals surface area contributed by atoms with Crippen LogP contribution in [-0.2, 0) is 0 Å². The maximum atomic E-state index is 6.34. The summed E-state index contributed by atoms with van der Waals surface area (Å²) in [7, 11) is 0. The van der Waals surface area contributed by atoms with E-state index in [9.17, 15) is 0 Å². The maximum Gasteiger partial charge on any atom is 0.0561 e. The molecule has 3 nitrogen and oxygen atoms in total. The Morgan fingerprint density at radius 2 is 1.81 bits per heavy atom. The third-order valence-electron chi connectivity index (χ3n) is 3.63. The fourth-order valence-corrected chi connectivity index (χ4v) is 2.71. The van der Waals surface area contributed by atoms with E-state index in [1.165, 1.54) is 18.5 Å². The average molecular weight is 300 g/mol. The standard InChI is InChI=1S/C17H18ClN3/c18-17-12-16(21-10-4-5-11-21)9-8-14(17)13-19-20-15-6-2-1-3-7-15/h1-3,6-9,12-13,20H,4-5,10-11H2. The normalized spacial score (nSPS) is 14.8. The molecule has 0 unspecified atom stereocenters. The molecule has 2 aromatic carbocycles. The summed E-state index contributed by atoms with van der Waals surface area (Å²) in [6.07, 6.45) is 4.28. The summed E-state index contributed by atoms with van der Waals surface area (Å²) in [5.74, 6) is 0. The van der Waals surface area contributed by atoms with Crippen LogP contribution in [-0.4, -0.2) is 19.3 Å². The van der Waals surface area contributed by atoms with Crippen molar-refractivity contribution in [3.8, 4) is 0 Å². The predicted molar refractivity (Wildman–Crippen MR) is 90.6 cm³/mol. The molecule has 4 heteroatoms. The fourth-order valence-electron chi connectivity index (χ4n) is 2.48. The topological polar surface area (TPSA) is 27.6 Å². The molecule has 1 fully saturated rings. The summed E-state index contributed by atoms with van der Waals surface area (Å²) in [6.45, 7) is 2.25. The van der Waals surface area contributed by atoms with Crippen molar-refractivity contribution >= 4 is 29.2 Å². The van der Waals surface area contributed by atoms with E-state index < -0.39 is 0 Å². The monoisotopic (exact) mass is 299 g/mol. The highest BCUT2D eigenvalue weighted by Gasteiger charge is 2.13. The number of hydrogen-bond acceptors (Lipinski definition) is 3. The number of nitrogens with zero attached hydrogens (tertiary/aromatic N) is 2.